The summed E-state index contributed by atoms with van der Waals surface area (Å²) in [6.07, 6.45) is 0. The van der Waals surface area contributed by atoms with Gasteiger partial charge in [0.1, 0.15) is 33.3 Å². The Balaban J connectivity index is 1.86. The van der Waals surface area contributed by atoms with Crippen LogP contribution < -0.4 is 10.5 Å². The fourth-order valence-corrected chi connectivity index (χ4v) is 3.19. The molecule has 0 aliphatic carbocycles. The highest BCUT2D eigenvalue weighted by Crippen LogP contribution is 2.27. The van der Waals surface area contributed by atoms with Crippen molar-refractivity contribution in [3.8, 4) is 17.2 Å². The van der Waals surface area contributed by atoms with E-state index in [0.717, 1.165) is 11.1 Å². The number of nitrogens with two attached hydrogens (primary N) is 1. The molecule has 0 amide bonds. The lowest BCUT2D eigenvalue weighted by molar-refractivity contribution is 0.0467. The Kier molecular flexibility index (Phi) is 7.31. The van der Waals surface area contributed by atoms with E-state index in [4.69, 9.17) is 15.2 Å². The fraction of sp³-hybridized carbons (Fsp3) is 0.160. The van der Waals surface area contributed by atoms with E-state index in [1.807, 2.05) is 60.7 Å². The van der Waals surface area contributed by atoms with Gasteiger partial charge in [0, 0.05) is 5.69 Å². The van der Waals surface area contributed by atoms with Crippen LogP contribution in [0.2, 0.25) is 13.1 Å². The van der Waals surface area contributed by atoms with Crippen LogP contribution in [0.3, 0.4) is 0 Å². The number of hydrogen-bond donors (Lipinski definition) is 1. The van der Waals surface area contributed by atoms with Crippen molar-refractivity contribution in [1.29, 1.82) is 0 Å². The molecule has 0 fully saturated rings. The zero-order valence-electron chi connectivity index (χ0n) is 17.2. The van der Waals surface area contributed by atoms with Crippen molar-refractivity contribution < 1.29 is 14.3 Å². The summed E-state index contributed by atoms with van der Waals surface area (Å²) in [5.41, 5.74) is 12.7. The van der Waals surface area contributed by atoms with Crippen LogP contribution in [-0.2, 0) is 18.0 Å². The summed E-state index contributed by atoms with van der Waals surface area (Å²) in [5, 5.41) is 0. The molecule has 5 heteroatoms. The van der Waals surface area contributed by atoms with Gasteiger partial charge in [0.25, 0.3) is 0 Å². The first-order valence-electron chi connectivity index (χ1n) is 9.85. The number of anilines is 1. The molecule has 0 aliphatic heterocycles. The average molecular weight is 416 g/mol. The van der Waals surface area contributed by atoms with Gasteiger partial charge >= 0.3 is 5.97 Å². The third-order valence-electron chi connectivity index (χ3n) is 4.32. The molecule has 0 atom stereocenters. The maximum Gasteiger partial charge on any atom is 0.342 e. The fourth-order valence-electron chi connectivity index (χ4n) is 2.74. The van der Waals surface area contributed by atoms with Crippen molar-refractivity contribution >= 4 is 20.5 Å². The third-order valence-corrected chi connectivity index (χ3v) is 5.04. The summed E-state index contributed by atoms with van der Waals surface area (Å²) in [6, 6.07) is 22.6. The molecular weight excluding hydrogens is 390 g/mol. The Morgan fingerprint density at radius 1 is 0.933 bits per heavy atom. The van der Waals surface area contributed by atoms with Crippen LogP contribution in [0.15, 0.2) is 72.8 Å². The number of nitrogen functional groups attached to an aromatic ring is 1. The van der Waals surface area contributed by atoms with Gasteiger partial charge < -0.3 is 15.2 Å². The van der Waals surface area contributed by atoms with Crippen LogP contribution in [0.5, 0.6) is 5.75 Å². The first-order chi connectivity index (χ1) is 14.5. The molecule has 3 rings (SSSR count). The van der Waals surface area contributed by atoms with E-state index < -0.39 is 14.8 Å². The normalized spacial score (nSPS) is 10.2. The minimum atomic E-state index is -1.07. The SMILES string of the molecule is C[SiH](C)C#Cc1cc(OCc2ccccc2)c(C(=O)OCc2ccccc2)cc1N. The van der Waals surface area contributed by atoms with E-state index in [-0.39, 0.29) is 6.61 Å². The van der Waals surface area contributed by atoms with Gasteiger partial charge in [0.2, 0.25) is 0 Å². The maximum absolute atomic E-state index is 12.8. The Morgan fingerprint density at radius 3 is 2.13 bits per heavy atom. The van der Waals surface area contributed by atoms with E-state index in [0.29, 0.717) is 29.2 Å². The van der Waals surface area contributed by atoms with Gasteiger partial charge in [0.15, 0.2) is 0 Å². The topological polar surface area (TPSA) is 61.5 Å². The number of esters is 1. The molecule has 2 N–H and O–H groups in total. The Morgan fingerprint density at radius 2 is 1.53 bits per heavy atom. The number of benzene rings is 3. The summed E-state index contributed by atoms with van der Waals surface area (Å²) < 4.78 is 11.5. The van der Waals surface area contributed by atoms with E-state index in [2.05, 4.69) is 24.6 Å². The van der Waals surface area contributed by atoms with Gasteiger partial charge in [-0.25, -0.2) is 4.79 Å². The second kappa shape index (κ2) is 10.3. The highest BCUT2D eigenvalue weighted by molar-refractivity contribution is 6.64. The lowest BCUT2D eigenvalue weighted by Crippen LogP contribution is -2.10. The smallest absolute Gasteiger partial charge is 0.342 e. The van der Waals surface area contributed by atoms with Gasteiger partial charge in [-0.3, -0.25) is 0 Å². The number of hydrogen-bond acceptors (Lipinski definition) is 4. The van der Waals surface area contributed by atoms with Crippen molar-refractivity contribution in [1.82, 2.24) is 0 Å². The molecule has 0 unspecified atom stereocenters. The van der Waals surface area contributed by atoms with Gasteiger partial charge in [-0.2, -0.15) is 0 Å². The molecule has 4 nitrogen and oxygen atoms in total. The first-order valence-corrected chi connectivity index (χ1v) is 12.7. The molecule has 3 aromatic carbocycles. The summed E-state index contributed by atoms with van der Waals surface area (Å²) in [5.74, 6) is 3.07. The van der Waals surface area contributed by atoms with Crippen molar-refractivity contribution in [2.45, 2.75) is 26.3 Å². The van der Waals surface area contributed by atoms with Crippen molar-refractivity contribution in [3.05, 3.63) is 95.1 Å². The van der Waals surface area contributed by atoms with Crippen molar-refractivity contribution in [2.24, 2.45) is 0 Å². The average Bonchev–Trinajstić information content (AvgIpc) is 2.76. The lowest BCUT2D eigenvalue weighted by atomic mass is 10.1. The van der Waals surface area contributed by atoms with Gasteiger partial charge in [-0.1, -0.05) is 79.7 Å². The molecule has 0 spiro atoms. The molecule has 0 bridgehead atoms. The second-order valence-electron chi connectivity index (χ2n) is 7.20. The Bertz CT molecular complexity index is 1050. The quantitative estimate of drug-likeness (QED) is 0.277. The van der Waals surface area contributed by atoms with E-state index in [1.165, 1.54) is 0 Å². The van der Waals surface area contributed by atoms with Crippen molar-refractivity contribution in [2.75, 3.05) is 5.73 Å². The molecule has 30 heavy (non-hydrogen) atoms. The van der Waals surface area contributed by atoms with E-state index in [1.54, 1.807) is 12.1 Å². The minimum Gasteiger partial charge on any atom is -0.488 e. The monoisotopic (exact) mass is 415 g/mol. The Labute approximate surface area is 179 Å². The standard InChI is InChI=1S/C25H25NO3Si/c1-30(2)14-13-21-15-24(28-17-19-9-5-3-6-10-19)22(16-23(21)26)25(27)29-18-20-11-7-4-8-12-20/h3-12,15-16,30H,17-18,26H2,1-2H3. The van der Waals surface area contributed by atoms with Crippen LogP contribution in [0.1, 0.15) is 27.0 Å². The number of rotatable bonds is 6. The van der Waals surface area contributed by atoms with Gasteiger partial charge in [-0.05, 0) is 23.3 Å². The third kappa shape index (κ3) is 6.00. The lowest BCUT2D eigenvalue weighted by Gasteiger charge is -2.14. The zero-order chi connectivity index (χ0) is 21.3. The Hall–Kier alpha value is -3.49. The minimum absolute atomic E-state index is 0.179. The highest BCUT2D eigenvalue weighted by Gasteiger charge is 2.17. The maximum atomic E-state index is 12.8. The molecule has 0 aliphatic rings. The molecule has 0 saturated heterocycles. The number of carbonyl (C=O) groups excluding carboxylic acids is 1. The van der Waals surface area contributed by atoms with E-state index in [9.17, 15) is 4.79 Å². The highest BCUT2D eigenvalue weighted by atomic mass is 28.3. The number of ether oxygens (including phenoxy) is 2. The van der Waals surface area contributed by atoms with Crippen LogP contribution in [0.4, 0.5) is 5.69 Å². The first kappa shape index (κ1) is 21.2. The molecule has 152 valence electrons. The summed E-state index contributed by atoms with van der Waals surface area (Å²) in [4.78, 5) is 12.8. The summed E-state index contributed by atoms with van der Waals surface area (Å²) in [7, 11) is -1.07. The summed E-state index contributed by atoms with van der Waals surface area (Å²) in [6.45, 7) is 4.80. The molecule has 0 radical (unpaired) electrons. The number of carbonyl (C=O) groups is 1. The van der Waals surface area contributed by atoms with E-state index >= 15 is 0 Å². The molecule has 0 saturated carbocycles. The van der Waals surface area contributed by atoms with Crippen LogP contribution in [-0.4, -0.2) is 14.8 Å². The van der Waals surface area contributed by atoms with Crippen LogP contribution >= 0.6 is 0 Å². The van der Waals surface area contributed by atoms with Gasteiger partial charge in [0.05, 0.1) is 5.56 Å². The summed E-state index contributed by atoms with van der Waals surface area (Å²) >= 11 is 0. The molecular formula is C25H25NO3Si. The van der Waals surface area contributed by atoms with Crippen molar-refractivity contribution in [3.63, 3.8) is 0 Å². The predicted octanol–water partition coefficient (Wildman–Crippen LogP) is 4.58. The van der Waals surface area contributed by atoms with Crippen LogP contribution in [0.25, 0.3) is 0 Å². The molecule has 3 aromatic rings. The van der Waals surface area contributed by atoms with Gasteiger partial charge in [-0.15, -0.1) is 5.54 Å². The zero-order valence-corrected chi connectivity index (χ0v) is 18.4. The second-order valence-corrected chi connectivity index (χ2v) is 9.79. The molecule has 0 heterocycles. The largest absolute Gasteiger partial charge is 0.488 e. The molecule has 0 aromatic heterocycles. The predicted molar refractivity (Wildman–Crippen MR) is 123 cm³/mol. The van der Waals surface area contributed by atoms with Crippen LogP contribution in [0, 0.1) is 11.5 Å².